The number of hydrogen-bond donors (Lipinski definition) is 0. The molecule has 0 N–H and O–H groups in total. The number of rotatable bonds is 4. The van der Waals surface area contributed by atoms with Crippen LogP contribution in [0.5, 0.6) is 0 Å². The second-order valence-corrected chi connectivity index (χ2v) is 8.95. The van der Waals surface area contributed by atoms with E-state index in [1.807, 2.05) is 19.1 Å². The summed E-state index contributed by atoms with van der Waals surface area (Å²) in [6, 6.07) is 11.1. The second kappa shape index (κ2) is 9.40. The topological polar surface area (TPSA) is 145 Å². The third kappa shape index (κ3) is 4.28. The van der Waals surface area contributed by atoms with Gasteiger partial charge in [0.15, 0.2) is 5.49 Å². The normalized spacial score (nSPS) is 15.8. The average Bonchev–Trinajstić information content (AvgIpc) is 3.39. The number of nitro benzene ring substituents is 1. The van der Waals surface area contributed by atoms with Crippen molar-refractivity contribution in [3.8, 4) is 6.07 Å². The molecule has 0 saturated carbocycles. The van der Waals surface area contributed by atoms with Crippen LogP contribution in [-0.4, -0.2) is 37.5 Å². The van der Waals surface area contributed by atoms with Crippen molar-refractivity contribution in [3.05, 3.63) is 90.8 Å². The molecule has 1 atom stereocenters. The van der Waals surface area contributed by atoms with Crippen molar-refractivity contribution < 1.29 is 14.5 Å². The van der Waals surface area contributed by atoms with Gasteiger partial charge in [-0.05, 0) is 50.5 Å². The van der Waals surface area contributed by atoms with Gasteiger partial charge in [-0.2, -0.15) is 10.3 Å². The number of carbonyl (C=O) groups is 1. The predicted octanol–water partition coefficient (Wildman–Crippen LogP) is 2.97. The summed E-state index contributed by atoms with van der Waals surface area (Å²) in [5.74, 6) is -0.756. The van der Waals surface area contributed by atoms with Crippen LogP contribution in [0.25, 0.3) is 16.7 Å². The number of carbonyl (C=O) groups excluding carboxylic acids is 1. The Kier molecular flexibility index (Phi) is 6.11. The first-order valence-electron chi connectivity index (χ1n) is 11.7. The molecule has 1 aromatic carbocycles. The minimum absolute atomic E-state index is 0.00645. The van der Waals surface area contributed by atoms with Crippen molar-refractivity contribution in [3.63, 3.8) is 0 Å². The number of fused-ring (bicyclic) bond motifs is 2. The van der Waals surface area contributed by atoms with Gasteiger partial charge >= 0.3 is 0 Å². The maximum atomic E-state index is 13.4. The predicted molar refractivity (Wildman–Crippen MR) is 133 cm³/mol. The molecule has 0 bridgehead atoms. The van der Waals surface area contributed by atoms with E-state index in [9.17, 15) is 25.0 Å². The molecule has 1 amide bonds. The number of nitriles is 1. The summed E-state index contributed by atoms with van der Waals surface area (Å²) < 4.78 is 8.81. The lowest BCUT2D eigenvalue weighted by Crippen LogP contribution is -2.33. The fraction of sp³-hybridized carbons (Fsp3) is 0.269. The Morgan fingerprint density at radius 3 is 2.78 bits per heavy atom. The lowest BCUT2D eigenvalue weighted by Gasteiger charge is -2.17. The summed E-state index contributed by atoms with van der Waals surface area (Å²) in [6.45, 7) is 4.21. The molecule has 1 unspecified atom stereocenters. The van der Waals surface area contributed by atoms with Gasteiger partial charge in [0.25, 0.3) is 17.2 Å². The van der Waals surface area contributed by atoms with Crippen molar-refractivity contribution in [2.75, 3.05) is 6.61 Å². The van der Waals surface area contributed by atoms with E-state index in [1.165, 1.54) is 28.7 Å². The number of hydrogen-bond acceptors (Lipinski definition) is 7. The molecule has 1 fully saturated rings. The number of aromatic nitrogens is 3. The molecule has 1 aliphatic heterocycles. The summed E-state index contributed by atoms with van der Waals surface area (Å²) in [5.41, 5.74) is 1.37. The molecule has 0 radical (unpaired) electrons. The number of aryl methyl sites for hydroxylation is 2. The summed E-state index contributed by atoms with van der Waals surface area (Å²) in [6.07, 6.45) is 3.01. The van der Waals surface area contributed by atoms with Gasteiger partial charge in [-0.1, -0.05) is 12.1 Å². The molecular weight excluding hydrogens is 476 g/mol. The van der Waals surface area contributed by atoms with Crippen LogP contribution in [0, 0.1) is 35.3 Å². The molecule has 11 nitrogen and oxygen atoms in total. The summed E-state index contributed by atoms with van der Waals surface area (Å²) in [4.78, 5) is 46.4. The van der Waals surface area contributed by atoms with Crippen molar-refractivity contribution in [2.45, 2.75) is 39.3 Å². The van der Waals surface area contributed by atoms with Gasteiger partial charge in [-0.15, -0.1) is 0 Å². The van der Waals surface area contributed by atoms with Crippen molar-refractivity contribution in [2.24, 2.45) is 4.99 Å². The van der Waals surface area contributed by atoms with E-state index in [-0.39, 0.29) is 51.5 Å². The van der Waals surface area contributed by atoms with Crippen LogP contribution in [0.2, 0.25) is 0 Å². The number of benzene rings is 1. The molecule has 0 aliphatic carbocycles. The summed E-state index contributed by atoms with van der Waals surface area (Å²) >= 11 is 0. The fourth-order valence-electron chi connectivity index (χ4n) is 4.55. The van der Waals surface area contributed by atoms with E-state index >= 15 is 0 Å². The van der Waals surface area contributed by atoms with Crippen molar-refractivity contribution in [1.82, 2.24) is 14.0 Å². The second-order valence-electron chi connectivity index (χ2n) is 8.95. The van der Waals surface area contributed by atoms with Crippen LogP contribution in [-0.2, 0) is 11.3 Å². The highest BCUT2D eigenvalue weighted by atomic mass is 16.6. The smallest absolute Gasteiger partial charge is 0.279 e. The Morgan fingerprint density at radius 2 is 2.08 bits per heavy atom. The van der Waals surface area contributed by atoms with Crippen LogP contribution in [0.15, 0.2) is 52.4 Å². The monoisotopic (exact) mass is 498 g/mol. The minimum atomic E-state index is -0.756. The van der Waals surface area contributed by atoms with Crippen LogP contribution >= 0.6 is 0 Å². The van der Waals surface area contributed by atoms with Gasteiger partial charge in [-0.25, -0.2) is 4.98 Å². The molecule has 0 spiro atoms. The number of nitro groups is 1. The highest BCUT2D eigenvalue weighted by Gasteiger charge is 2.22. The molecular formula is C26H22N6O5. The molecule has 3 aromatic heterocycles. The standard InChI is InChI=1S/C26H22N6O5/c1-15-7-8-17(12-21(15)32(35)36)25(33)29-23-18(13-27)11-20-24(31(23)14-19-6-4-10-37-19)28-22-16(2)5-3-9-30(22)26(20)34/h3,5,7-9,11-12,19H,4,6,10,14H2,1-2H3. The van der Waals surface area contributed by atoms with Crippen LogP contribution in [0.3, 0.4) is 0 Å². The molecule has 1 aliphatic rings. The van der Waals surface area contributed by atoms with E-state index < -0.39 is 10.8 Å². The number of pyridine rings is 2. The third-order valence-corrected chi connectivity index (χ3v) is 6.50. The zero-order valence-corrected chi connectivity index (χ0v) is 20.2. The zero-order chi connectivity index (χ0) is 26.3. The Labute approximate surface area is 210 Å². The number of nitrogens with zero attached hydrogens (tertiary/aromatic N) is 6. The Morgan fingerprint density at radius 1 is 1.27 bits per heavy atom. The van der Waals surface area contributed by atoms with E-state index in [0.717, 1.165) is 18.4 Å². The number of amides is 1. The minimum Gasteiger partial charge on any atom is -0.376 e. The fourth-order valence-corrected chi connectivity index (χ4v) is 4.55. The van der Waals surface area contributed by atoms with E-state index in [0.29, 0.717) is 17.8 Å². The van der Waals surface area contributed by atoms with Crippen molar-refractivity contribution in [1.29, 1.82) is 5.26 Å². The third-order valence-electron chi connectivity index (χ3n) is 6.50. The van der Waals surface area contributed by atoms with Crippen LogP contribution in [0.4, 0.5) is 5.69 Å². The quantitative estimate of drug-likeness (QED) is 0.239. The van der Waals surface area contributed by atoms with E-state index in [1.54, 1.807) is 23.8 Å². The highest BCUT2D eigenvalue weighted by Crippen LogP contribution is 2.21. The SMILES string of the molecule is Cc1ccc(C(=O)N=c2c(C#N)cc3c(=O)n4cccc(C)c4nc3n2CC2CCCO2)cc1[N+](=O)[O-]. The van der Waals surface area contributed by atoms with Crippen LogP contribution in [0.1, 0.15) is 39.9 Å². The maximum Gasteiger partial charge on any atom is 0.279 e. The lowest BCUT2D eigenvalue weighted by molar-refractivity contribution is -0.385. The summed E-state index contributed by atoms with van der Waals surface area (Å²) in [7, 11) is 0. The van der Waals surface area contributed by atoms with Gasteiger partial charge < -0.3 is 9.30 Å². The Hall–Kier alpha value is -4.69. The lowest BCUT2D eigenvalue weighted by atomic mass is 10.1. The van der Waals surface area contributed by atoms with Gasteiger partial charge in [-0.3, -0.25) is 24.1 Å². The number of ether oxygens (including phenoxy) is 1. The molecule has 37 heavy (non-hydrogen) atoms. The molecule has 4 heterocycles. The Balaban J connectivity index is 1.82. The van der Waals surface area contributed by atoms with Gasteiger partial charge in [0, 0.05) is 30.0 Å². The van der Waals surface area contributed by atoms with E-state index in [4.69, 9.17) is 9.72 Å². The van der Waals surface area contributed by atoms with Gasteiger partial charge in [0.1, 0.15) is 17.4 Å². The first kappa shape index (κ1) is 24.0. The summed E-state index contributed by atoms with van der Waals surface area (Å²) in [5, 5.41) is 21.5. The van der Waals surface area contributed by atoms with Gasteiger partial charge in [0.05, 0.1) is 28.5 Å². The maximum absolute atomic E-state index is 13.4. The zero-order valence-electron chi connectivity index (χ0n) is 20.2. The highest BCUT2D eigenvalue weighted by molar-refractivity contribution is 5.96. The molecule has 11 heteroatoms. The van der Waals surface area contributed by atoms with Crippen LogP contribution < -0.4 is 11.0 Å². The van der Waals surface area contributed by atoms with Crippen molar-refractivity contribution >= 4 is 28.3 Å². The van der Waals surface area contributed by atoms with Gasteiger partial charge in [0.2, 0.25) is 0 Å². The Bertz CT molecular complexity index is 1770. The molecule has 1 saturated heterocycles. The van der Waals surface area contributed by atoms with E-state index in [2.05, 4.69) is 4.99 Å². The average molecular weight is 498 g/mol. The molecule has 5 rings (SSSR count). The first-order valence-corrected chi connectivity index (χ1v) is 11.7. The molecule has 186 valence electrons. The first-order chi connectivity index (χ1) is 17.8. The largest absolute Gasteiger partial charge is 0.376 e. The molecule has 4 aromatic rings.